The van der Waals surface area contributed by atoms with E-state index in [4.69, 9.17) is 18.6 Å². The maximum Gasteiger partial charge on any atom is 0.267 e. The third-order valence-corrected chi connectivity index (χ3v) is 4.28. The van der Waals surface area contributed by atoms with Crippen LogP contribution in [0.15, 0.2) is 51.9 Å². The first-order chi connectivity index (χ1) is 14.0. The Bertz CT molecular complexity index is 1030. The van der Waals surface area contributed by atoms with E-state index in [0.29, 0.717) is 34.4 Å². The quantitative estimate of drug-likeness (QED) is 0.651. The molecule has 0 saturated heterocycles. The van der Waals surface area contributed by atoms with Gasteiger partial charge >= 0.3 is 0 Å². The van der Waals surface area contributed by atoms with Gasteiger partial charge in [0, 0.05) is 23.9 Å². The summed E-state index contributed by atoms with van der Waals surface area (Å²) in [5, 5.41) is 7.00. The van der Waals surface area contributed by atoms with Gasteiger partial charge in [0.25, 0.3) is 5.56 Å². The van der Waals surface area contributed by atoms with E-state index in [0.717, 1.165) is 4.68 Å². The summed E-state index contributed by atoms with van der Waals surface area (Å²) in [5.74, 6) is 1.25. The minimum atomic E-state index is -0.878. The molecule has 9 nitrogen and oxygen atoms in total. The standard InChI is InChI=1S/C20H21N3O6/c1-12(23-18(24)8-7-14(22-23)15-6-5-9-29-15)20(25)21-13-10-16(26-2)19(28-4)17(11-13)27-3/h5-12H,1-4H3,(H,21,25). The Morgan fingerprint density at radius 1 is 1.10 bits per heavy atom. The lowest BCUT2D eigenvalue weighted by atomic mass is 10.2. The summed E-state index contributed by atoms with van der Waals surface area (Å²) in [5.41, 5.74) is 0.460. The zero-order valence-corrected chi connectivity index (χ0v) is 16.5. The number of carbonyl (C=O) groups excluding carboxylic acids is 1. The van der Waals surface area contributed by atoms with Crippen LogP contribution in [-0.4, -0.2) is 37.0 Å². The summed E-state index contributed by atoms with van der Waals surface area (Å²) in [4.78, 5) is 25.0. The van der Waals surface area contributed by atoms with Gasteiger partial charge in [0.05, 0.1) is 27.6 Å². The number of amides is 1. The Morgan fingerprint density at radius 3 is 2.34 bits per heavy atom. The van der Waals surface area contributed by atoms with Crippen LogP contribution in [0, 0.1) is 0 Å². The number of hydrogen-bond donors (Lipinski definition) is 1. The third kappa shape index (κ3) is 4.08. The second-order valence-electron chi connectivity index (χ2n) is 6.06. The first-order valence-electron chi connectivity index (χ1n) is 8.73. The van der Waals surface area contributed by atoms with E-state index in [1.165, 1.54) is 33.7 Å². The van der Waals surface area contributed by atoms with Crippen molar-refractivity contribution in [3.8, 4) is 28.7 Å². The molecular weight excluding hydrogens is 378 g/mol. The first-order valence-corrected chi connectivity index (χ1v) is 8.73. The number of aromatic nitrogens is 2. The molecule has 9 heteroatoms. The molecule has 1 atom stereocenters. The van der Waals surface area contributed by atoms with Crippen LogP contribution in [0.2, 0.25) is 0 Å². The molecule has 29 heavy (non-hydrogen) atoms. The van der Waals surface area contributed by atoms with Crippen LogP contribution in [-0.2, 0) is 4.79 Å². The summed E-state index contributed by atoms with van der Waals surface area (Å²) in [7, 11) is 4.45. The Balaban J connectivity index is 1.88. The van der Waals surface area contributed by atoms with Crippen molar-refractivity contribution in [1.29, 1.82) is 0 Å². The van der Waals surface area contributed by atoms with Crippen molar-refractivity contribution in [2.24, 2.45) is 0 Å². The minimum absolute atomic E-state index is 0.393. The van der Waals surface area contributed by atoms with Gasteiger partial charge in [-0.1, -0.05) is 0 Å². The molecule has 3 rings (SSSR count). The van der Waals surface area contributed by atoms with Crippen LogP contribution < -0.4 is 25.1 Å². The number of benzene rings is 1. The zero-order chi connectivity index (χ0) is 21.0. The first kappa shape index (κ1) is 20.0. The SMILES string of the molecule is COc1cc(NC(=O)C(C)n2nc(-c3ccco3)ccc2=O)cc(OC)c1OC. The molecule has 0 bridgehead atoms. The van der Waals surface area contributed by atoms with Crippen LogP contribution in [0.4, 0.5) is 5.69 Å². The maximum atomic E-state index is 12.8. The number of carbonyl (C=O) groups is 1. The van der Waals surface area contributed by atoms with E-state index in [1.54, 1.807) is 37.3 Å². The van der Waals surface area contributed by atoms with E-state index >= 15 is 0 Å². The van der Waals surface area contributed by atoms with Gasteiger partial charge in [-0.3, -0.25) is 9.59 Å². The molecule has 1 unspecified atom stereocenters. The van der Waals surface area contributed by atoms with Gasteiger partial charge in [-0.15, -0.1) is 0 Å². The van der Waals surface area contributed by atoms with Gasteiger partial charge < -0.3 is 23.9 Å². The lowest BCUT2D eigenvalue weighted by Gasteiger charge is -2.17. The number of hydrogen-bond acceptors (Lipinski definition) is 7. The molecule has 0 aliphatic heterocycles. The molecule has 2 aromatic heterocycles. The van der Waals surface area contributed by atoms with Gasteiger partial charge in [-0.25, -0.2) is 4.68 Å². The van der Waals surface area contributed by atoms with Crippen molar-refractivity contribution in [3.05, 3.63) is 53.0 Å². The second kappa shape index (κ2) is 8.51. The lowest BCUT2D eigenvalue weighted by Crippen LogP contribution is -2.33. The summed E-state index contributed by atoms with van der Waals surface area (Å²) in [6.45, 7) is 1.58. The van der Waals surface area contributed by atoms with E-state index < -0.39 is 17.5 Å². The lowest BCUT2D eigenvalue weighted by molar-refractivity contribution is -0.119. The summed E-state index contributed by atoms with van der Waals surface area (Å²) >= 11 is 0. The van der Waals surface area contributed by atoms with E-state index in [9.17, 15) is 9.59 Å². The monoisotopic (exact) mass is 399 g/mol. The Labute approximate surface area is 166 Å². The van der Waals surface area contributed by atoms with E-state index in [-0.39, 0.29) is 0 Å². The van der Waals surface area contributed by atoms with Crippen LogP contribution >= 0.6 is 0 Å². The Morgan fingerprint density at radius 2 is 1.79 bits per heavy atom. The highest BCUT2D eigenvalue weighted by molar-refractivity contribution is 5.94. The number of nitrogens with zero attached hydrogens (tertiary/aromatic N) is 2. The molecule has 0 aliphatic carbocycles. The molecule has 0 radical (unpaired) electrons. The molecule has 2 heterocycles. The molecule has 3 aromatic rings. The number of methoxy groups -OCH3 is 3. The van der Waals surface area contributed by atoms with Crippen molar-refractivity contribution < 1.29 is 23.4 Å². The molecule has 1 amide bonds. The number of furan rings is 1. The van der Waals surface area contributed by atoms with Crippen LogP contribution in [0.25, 0.3) is 11.5 Å². The highest BCUT2D eigenvalue weighted by Gasteiger charge is 2.21. The Hall–Kier alpha value is -3.75. The van der Waals surface area contributed by atoms with Gasteiger partial charge in [-0.2, -0.15) is 5.10 Å². The van der Waals surface area contributed by atoms with Gasteiger partial charge in [0.15, 0.2) is 17.3 Å². The fraction of sp³-hybridized carbons (Fsp3) is 0.250. The maximum absolute atomic E-state index is 12.8. The van der Waals surface area contributed by atoms with Gasteiger partial charge in [0.1, 0.15) is 11.7 Å². The Kier molecular flexibility index (Phi) is 5.87. The number of anilines is 1. The smallest absolute Gasteiger partial charge is 0.267 e. The van der Waals surface area contributed by atoms with Crippen molar-refractivity contribution in [2.75, 3.05) is 26.6 Å². The minimum Gasteiger partial charge on any atom is -0.493 e. The predicted octanol–water partition coefficient (Wildman–Crippen LogP) is 2.73. The van der Waals surface area contributed by atoms with Crippen LogP contribution in [0.3, 0.4) is 0 Å². The van der Waals surface area contributed by atoms with Crippen molar-refractivity contribution in [2.45, 2.75) is 13.0 Å². The molecule has 0 saturated carbocycles. The predicted molar refractivity (Wildman–Crippen MR) is 106 cm³/mol. The van der Waals surface area contributed by atoms with Crippen molar-refractivity contribution in [3.63, 3.8) is 0 Å². The highest BCUT2D eigenvalue weighted by Crippen LogP contribution is 2.40. The van der Waals surface area contributed by atoms with Gasteiger partial charge in [-0.05, 0) is 25.1 Å². The molecule has 0 aliphatic rings. The fourth-order valence-electron chi connectivity index (χ4n) is 2.77. The van der Waals surface area contributed by atoms with E-state index in [1.807, 2.05) is 0 Å². The summed E-state index contributed by atoms with van der Waals surface area (Å²) in [6.07, 6.45) is 1.51. The fourth-order valence-corrected chi connectivity index (χ4v) is 2.77. The molecule has 1 N–H and O–H groups in total. The molecule has 152 valence electrons. The average molecular weight is 399 g/mol. The number of rotatable bonds is 7. The van der Waals surface area contributed by atoms with E-state index in [2.05, 4.69) is 10.4 Å². The molecule has 0 fully saturated rings. The second-order valence-corrected chi connectivity index (χ2v) is 6.06. The van der Waals surface area contributed by atoms with Crippen molar-refractivity contribution in [1.82, 2.24) is 9.78 Å². The zero-order valence-electron chi connectivity index (χ0n) is 16.5. The molecule has 0 spiro atoms. The van der Waals surface area contributed by atoms with Crippen LogP contribution in [0.1, 0.15) is 13.0 Å². The van der Waals surface area contributed by atoms with Crippen molar-refractivity contribution >= 4 is 11.6 Å². The van der Waals surface area contributed by atoms with Crippen LogP contribution in [0.5, 0.6) is 17.2 Å². The van der Waals surface area contributed by atoms with Gasteiger partial charge in [0.2, 0.25) is 11.7 Å². The molecule has 1 aromatic carbocycles. The number of nitrogens with one attached hydrogen (secondary N) is 1. The summed E-state index contributed by atoms with van der Waals surface area (Å²) < 4.78 is 22.3. The third-order valence-electron chi connectivity index (χ3n) is 4.28. The highest BCUT2D eigenvalue weighted by atomic mass is 16.5. The normalized spacial score (nSPS) is 11.6. The largest absolute Gasteiger partial charge is 0.493 e. The topological polar surface area (TPSA) is 105 Å². The molecular formula is C20H21N3O6. The average Bonchev–Trinajstić information content (AvgIpc) is 3.27. The summed E-state index contributed by atoms with van der Waals surface area (Å²) in [6, 6.07) is 8.64. The number of ether oxygens (including phenoxy) is 3.